The van der Waals surface area contributed by atoms with Crippen LogP contribution in [0.3, 0.4) is 0 Å². The molecular weight excluding hydrogens is 266 g/mol. The summed E-state index contributed by atoms with van der Waals surface area (Å²) in [7, 11) is -2.03. The number of anilines is 1. The third-order valence-corrected chi connectivity index (χ3v) is 4.36. The predicted octanol–water partition coefficient (Wildman–Crippen LogP) is 0.184. The zero-order valence-electron chi connectivity index (χ0n) is 10.7. The Balaban J connectivity index is 2.24. The largest absolute Gasteiger partial charge is 0.381 e. The third kappa shape index (κ3) is 2.74. The van der Waals surface area contributed by atoms with Crippen LogP contribution in [-0.2, 0) is 23.6 Å². The molecule has 0 atom stereocenters. The molecule has 0 fully saturated rings. The molecule has 0 aliphatic heterocycles. The first-order valence-corrected chi connectivity index (χ1v) is 7.08. The Morgan fingerprint density at radius 3 is 2.53 bits per heavy atom. The minimum atomic E-state index is -3.68. The van der Waals surface area contributed by atoms with Gasteiger partial charge in [0.1, 0.15) is 4.90 Å². The maximum absolute atomic E-state index is 12.2. The van der Waals surface area contributed by atoms with Gasteiger partial charge in [-0.1, -0.05) is 0 Å². The van der Waals surface area contributed by atoms with Crippen LogP contribution in [0, 0.1) is 6.92 Å². The van der Waals surface area contributed by atoms with Gasteiger partial charge in [-0.3, -0.25) is 9.67 Å². The molecule has 3 N–H and O–H groups in total. The maximum Gasteiger partial charge on any atom is 0.246 e. The average molecular weight is 281 g/mol. The average Bonchev–Trinajstić information content (AvgIpc) is 2.63. The van der Waals surface area contributed by atoms with Gasteiger partial charge in [0.15, 0.2) is 5.82 Å². The van der Waals surface area contributed by atoms with Crippen LogP contribution in [0.25, 0.3) is 0 Å². The molecule has 0 aliphatic rings. The summed E-state index contributed by atoms with van der Waals surface area (Å²) in [6.07, 6.45) is 3.21. The highest BCUT2D eigenvalue weighted by Crippen LogP contribution is 2.20. The van der Waals surface area contributed by atoms with Gasteiger partial charge < -0.3 is 5.73 Å². The van der Waals surface area contributed by atoms with Crippen LogP contribution in [0.1, 0.15) is 11.3 Å². The van der Waals surface area contributed by atoms with Crippen molar-refractivity contribution in [2.45, 2.75) is 18.4 Å². The number of nitrogens with zero attached hydrogens (tertiary/aromatic N) is 3. The van der Waals surface area contributed by atoms with Crippen molar-refractivity contribution in [1.82, 2.24) is 19.5 Å². The van der Waals surface area contributed by atoms with Crippen LogP contribution in [-0.4, -0.2) is 23.2 Å². The van der Waals surface area contributed by atoms with Crippen molar-refractivity contribution in [3.63, 3.8) is 0 Å². The number of pyridine rings is 1. The molecule has 0 aliphatic carbocycles. The number of hydrogen-bond acceptors (Lipinski definition) is 5. The lowest BCUT2D eigenvalue weighted by atomic mass is 10.3. The molecule has 19 heavy (non-hydrogen) atoms. The molecule has 8 heteroatoms. The van der Waals surface area contributed by atoms with Crippen LogP contribution in [0.4, 0.5) is 5.82 Å². The molecule has 0 saturated carbocycles. The molecule has 102 valence electrons. The van der Waals surface area contributed by atoms with E-state index >= 15 is 0 Å². The molecule has 0 radical (unpaired) electrons. The summed E-state index contributed by atoms with van der Waals surface area (Å²) >= 11 is 0. The van der Waals surface area contributed by atoms with Gasteiger partial charge in [-0.05, 0) is 24.6 Å². The number of aromatic nitrogens is 3. The molecule has 7 nitrogen and oxygen atoms in total. The first-order chi connectivity index (χ1) is 8.92. The number of nitrogens with two attached hydrogens (primary N) is 1. The fourth-order valence-corrected chi connectivity index (χ4v) is 3.04. The van der Waals surface area contributed by atoms with Crippen LogP contribution in [0.5, 0.6) is 0 Å². The highest BCUT2D eigenvalue weighted by atomic mass is 32.2. The lowest BCUT2D eigenvalue weighted by Crippen LogP contribution is -2.24. The second kappa shape index (κ2) is 4.98. The number of nitrogens with one attached hydrogen (secondary N) is 1. The third-order valence-electron chi connectivity index (χ3n) is 2.79. The van der Waals surface area contributed by atoms with Crippen LogP contribution in [0.15, 0.2) is 29.4 Å². The molecule has 0 aromatic carbocycles. The van der Waals surface area contributed by atoms with Gasteiger partial charge in [-0.2, -0.15) is 5.10 Å². The highest BCUT2D eigenvalue weighted by molar-refractivity contribution is 7.89. The molecule has 2 heterocycles. The summed E-state index contributed by atoms with van der Waals surface area (Å²) in [6, 6.07) is 3.48. The van der Waals surface area contributed by atoms with Crippen LogP contribution >= 0.6 is 0 Å². The lowest BCUT2D eigenvalue weighted by molar-refractivity contribution is 0.580. The zero-order chi connectivity index (χ0) is 14.0. The summed E-state index contributed by atoms with van der Waals surface area (Å²) in [5.41, 5.74) is 6.95. The minimum Gasteiger partial charge on any atom is -0.381 e. The topological polar surface area (TPSA) is 103 Å². The van der Waals surface area contributed by atoms with E-state index in [4.69, 9.17) is 5.73 Å². The van der Waals surface area contributed by atoms with E-state index in [0.717, 1.165) is 5.56 Å². The van der Waals surface area contributed by atoms with Crippen molar-refractivity contribution in [3.8, 4) is 0 Å². The molecule has 0 spiro atoms. The monoisotopic (exact) mass is 281 g/mol. The van der Waals surface area contributed by atoms with Crippen molar-refractivity contribution in [2.24, 2.45) is 7.05 Å². The Bertz CT molecular complexity index is 679. The van der Waals surface area contributed by atoms with Gasteiger partial charge in [0.25, 0.3) is 0 Å². The van der Waals surface area contributed by atoms with Gasteiger partial charge in [-0.15, -0.1) is 0 Å². The van der Waals surface area contributed by atoms with Crippen LogP contribution < -0.4 is 10.5 Å². The van der Waals surface area contributed by atoms with Crippen molar-refractivity contribution >= 4 is 15.8 Å². The van der Waals surface area contributed by atoms with Gasteiger partial charge in [0.2, 0.25) is 10.0 Å². The fraction of sp³-hybridized carbons (Fsp3) is 0.273. The van der Waals surface area contributed by atoms with E-state index in [2.05, 4.69) is 14.8 Å². The number of sulfonamides is 1. The fourth-order valence-electron chi connectivity index (χ4n) is 1.70. The maximum atomic E-state index is 12.2. The second-order valence-corrected chi connectivity index (χ2v) is 5.81. The number of hydrogen-bond donors (Lipinski definition) is 2. The molecule has 2 aromatic heterocycles. The van der Waals surface area contributed by atoms with Gasteiger partial charge in [0, 0.05) is 26.0 Å². The van der Waals surface area contributed by atoms with Gasteiger partial charge in [-0.25, -0.2) is 13.1 Å². The predicted molar refractivity (Wildman–Crippen MR) is 70.6 cm³/mol. The quantitative estimate of drug-likeness (QED) is 0.832. The summed E-state index contributed by atoms with van der Waals surface area (Å²) in [4.78, 5) is 3.90. The van der Waals surface area contributed by atoms with Crippen molar-refractivity contribution in [2.75, 3.05) is 5.73 Å². The van der Waals surface area contributed by atoms with Crippen molar-refractivity contribution in [3.05, 3.63) is 35.8 Å². The molecule has 0 bridgehead atoms. The first kappa shape index (κ1) is 13.5. The number of aryl methyl sites for hydroxylation is 1. The first-order valence-electron chi connectivity index (χ1n) is 5.59. The Morgan fingerprint density at radius 2 is 2.00 bits per heavy atom. The van der Waals surface area contributed by atoms with E-state index in [9.17, 15) is 8.42 Å². The van der Waals surface area contributed by atoms with E-state index in [-0.39, 0.29) is 17.3 Å². The summed E-state index contributed by atoms with van der Waals surface area (Å²) in [5.74, 6) is 0.00206. The van der Waals surface area contributed by atoms with Crippen LogP contribution in [0.2, 0.25) is 0 Å². The molecule has 0 saturated heterocycles. The Morgan fingerprint density at radius 1 is 1.37 bits per heavy atom. The smallest absolute Gasteiger partial charge is 0.246 e. The number of nitrogen functional groups attached to an aromatic ring is 1. The van der Waals surface area contributed by atoms with Crippen molar-refractivity contribution in [1.29, 1.82) is 0 Å². The lowest BCUT2D eigenvalue weighted by Gasteiger charge is -2.06. The standard InChI is InChI=1S/C11H15N5O2S/c1-8-10(11(12)15-16(8)2)19(17,18)14-7-9-3-5-13-6-4-9/h3-6,14H,7H2,1-2H3,(H2,12,15). The van der Waals surface area contributed by atoms with Crippen molar-refractivity contribution < 1.29 is 8.42 Å². The molecule has 0 unspecified atom stereocenters. The van der Waals surface area contributed by atoms with E-state index in [1.807, 2.05) is 0 Å². The summed E-state index contributed by atoms with van der Waals surface area (Å²) in [5, 5.41) is 3.90. The Hall–Kier alpha value is -1.93. The van der Waals surface area contributed by atoms with E-state index in [0.29, 0.717) is 5.69 Å². The second-order valence-electron chi connectivity index (χ2n) is 4.10. The van der Waals surface area contributed by atoms with E-state index in [1.54, 1.807) is 38.5 Å². The van der Waals surface area contributed by atoms with E-state index in [1.165, 1.54) is 4.68 Å². The molecule has 0 amide bonds. The zero-order valence-corrected chi connectivity index (χ0v) is 11.5. The molecule has 2 aromatic rings. The highest BCUT2D eigenvalue weighted by Gasteiger charge is 2.24. The van der Waals surface area contributed by atoms with E-state index < -0.39 is 10.0 Å². The normalized spacial score (nSPS) is 11.7. The minimum absolute atomic E-state index is 0.00206. The molecule has 2 rings (SSSR count). The van der Waals surface area contributed by atoms with Gasteiger partial charge in [0.05, 0.1) is 5.69 Å². The SMILES string of the molecule is Cc1c(S(=O)(=O)NCc2ccncc2)c(N)nn1C. The van der Waals surface area contributed by atoms with Gasteiger partial charge >= 0.3 is 0 Å². The Labute approximate surface area is 111 Å². The summed E-state index contributed by atoms with van der Waals surface area (Å²) in [6.45, 7) is 1.84. The number of rotatable bonds is 4. The molecular formula is C11H15N5O2S. The Kier molecular flexibility index (Phi) is 3.54. The summed E-state index contributed by atoms with van der Waals surface area (Å²) < 4.78 is 28.3.